The number of esters is 1. The first-order chi connectivity index (χ1) is 12.1. The summed E-state index contributed by atoms with van der Waals surface area (Å²) in [6, 6.07) is 7.59. The van der Waals surface area contributed by atoms with Gasteiger partial charge in [0.1, 0.15) is 11.8 Å². The number of benzene rings is 2. The van der Waals surface area contributed by atoms with Crippen LogP contribution in [0.5, 0.6) is 0 Å². The number of hydrogen-bond acceptors (Lipinski definition) is 6. The number of fused-ring (bicyclic) bond motifs is 1. The molecule has 0 heterocycles. The highest BCUT2D eigenvalue weighted by atomic mass is 32.2. The fourth-order valence-electron chi connectivity index (χ4n) is 2.41. The van der Waals surface area contributed by atoms with Gasteiger partial charge >= 0.3 is 11.9 Å². The Labute approximate surface area is 148 Å². The number of nitrogens with one attached hydrogen (secondary N) is 1. The van der Waals surface area contributed by atoms with Crippen molar-refractivity contribution in [1.29, 1.82) is 0 Å². The molecule has 2 aromatic carbocycles. The van der Waals surface area contributed by atoms with E-state index >= 15 is 0 Å². The summed E-state index contributed by atoms with van der Waals surface area (Å²) in [5.41, 5.74) is -0.267. The maximum atomic E-state index is 12.6. The van der Waals surface area contributed by atoms with Gasteiger partial charge in [-0.15, -0.1) is 0 Å². The van der Waals surface area contributed by atoms with Crippen molar-refractivity contribution in [2.45, 2.75) is 6.04 Å². The van der Waals surface area contributed by atoms with Crippen LogP contribution in [-0.4, -0.2) is 54.8 Å². The van der Waals surface area contributed by atoms with Crippen LogP contribution < -0.4 is 5.32 Å². The number of amides is 1. The normalized spacial score (nSPS) is 12.4. The molecule has 0 aliphatic heterocycles. The van der Waals surface area contributed by atoms with Gasteiger partial charge in [0, 0.05) is 0 Å². The highest BCUT2D eigenvalue weighted by Gasteiger charge is 2.29. The first-order valence-electron chi connectivity index (χ1n) is 7.23. The molecule has 0 bridgehead atoms. The Kier molecular flexibility index (Phi) is 5.58. The van der Waals surface area contributed by atoms with Gasteiger partial charge in [-0.1, -0.05) is 30.3 Å². The quantitative estimate of drug-likeness (QED) is 0.489. The lowest BCUT2D eigenvalue weighted by atomic mass is 9.98. The zero-order valence-corrected chi connectivity index (χ0v) is 14.3. The van der Waals surface area contributed by atoms with E-state index < -0.39 is 39.8 Å². The molecule has 1 atom stereocenters. The summed E-state index contributed by atoms with van der Waals surface area (Å²) in [5.74, 6) is -4.68. The van der Waals surface area contributed by atoms with E-state index in [0.29, 0.717) is 10.8 Å². The molecular weight excluding hydrogens is 366 g/mol. The maximum Gasteiger partial charge on any atom is 0.338 e. The number of carboxylic acid groups (broad SMARTS) is 1. The van der Waals surface area contributed by atoms with Crippen LogP contribution in [0.3, 0.4) is 0 Å². The van der Waals surface area contributed by atoms with Gasteiger partial charge in [-0.25, -0.2) is 9.59 Å². The number of carboxylic acids is 1. The molecule has 0 saturated heterocycles. The second-order valence-corrected chi connectivity index (χ2v) is 6.81. The Morgan fingerprint density at radius 1 is 1.15 bits per heavy atom. The average Bonchev–Trinajstić information content (AvgIpc) is 2.58. The summed E-state index contributed by atoms with van der Waals surface area (Å²) in [6.07, 6.45) is 0. The fourth-order valence-corrected chi connectivity index (χ4v) is 3.06. The predicted octanol–water partition coefficient (Wildman–Crippen LogP) is 0.697. The number of carbonyl (C=O) groups is 3. The lowest BCUT2D eigenvalue weighted by Gasteiger charge is -2.16. The van der Waals surface area contributed by atoms with Crippen LogP contribution in [0.15, 0.2) is 36.4 Å². The second kappa shape index (κ2) is 7.50. The minimum absolute atomic E-state index is 0.111. The van der Waals surface area contributed by atoms with Gasteiger partial charge < -0.3 is 15.2 Å². The molecule has 0 fully saturated rings. The van der Waals surface area contributed by atoms with Crippen LogP contribution in [0.1, 0.15) is 20.7 Å². The molecule has 1 unspecified atom stereocenters. The van der Waals surface area contributed by atoms with E-state index in [-0.39, 0.29) is 11.1 Å². The SMILES string of the molecule is COC(=O)c1ccc2ccccc2c1C(=O)NC(CS(=O)(=O)O)C(=O)O. The molecule has 0 saturated carbocycles. The topological polar surface area (TPSA) is 147 Å². The zero-order valence-electron chi connectivity index (χ0n) is 13.5. The standard InChI is InChI=1S/C16H15NO8S/c1-25-16(21)11-7-6-9-4-2-3-5-10(9)13(11)14(18)17-12(15(19)20)8-26(22,23)24/h2-7,12H,8H2,1H3,(H,17,18)(H,19,20)(H,22,23,24). The molecule has 1 amide bonds. The van der Waals surface area contributed by atoms with Gasteiger partial charge in [0.25, 0.3) is 16.0 Å². The van der Waals surface area contributed by atoms with Crippen molar-refractivity contribution >= 4 is 38.7 Å². The molecule has 0 aliphatic carbocycles. The van der Waals surface area contributed by atoms with Crippen molar-refractivity contribution in [2.75, 3.05) is 12.9 Å². The molecule has 0 radical (unpaired) electrons. The first kappa shape index (κ1) is 19.3. The Hall–Kier alpha value is -2.98. The van der Waals surface area contributed by atoms with Crippen LogP contribution in [0.2, 0.25) is 0 Å². The third kappa shape index (κ3) is 4.35. The Balaban J connectivity index is 2.54. The van der Waals surface area contributed by atoms with Crippen molar-refractivity contribution < 1.29 is 37.2 Å². The molecule has 2 aromatic rings. The molecular formula is C16H15NO8S. The molecule has 9 nitrogen and oxygen atoms in total. The Bertz CT molecular complexity index is 983. The molecule has 0 spiro atoms. The molecule has 0 aromatic heterocycles. The summed E-state index contributed by atoms with van der Waals surface area (Å²) in [4.78, 5) is 35.8. The lowest BCUT2D eigenvalue weighted by Crippen LogP contribution is -2.45. The summed E-state index contributed by atoms with van der Waals surface area (Å²) in [7, 11) is -3.53. The van der Waals surface area contributed by atoms with Crippen molar-refractivity contribution in [3.05, 3.63) is 47.5 Å². The molecule has 0 aliphatic rings. The number of aliphatic carboxylic acids is 1. The predicted molar refractivity (Wildman–Crippen MR) is 90.6 cm³/mol. The summed E-state index contributed by atoms with van der Waals surface area (Å²) in [5, 5.41) is 12.1. The van der Waals surface area contributed by atoms with Crippen molar-refractivity contribution in [1.82, 2.24) is 5.32 Å². The first-order valence-corrected chi connectivity index (χ1v) is 8.84. The van der Waals surface area contributed by atoms with Gasteiger partial charge in [-0.05, 0) is 16.8 Å². The molecule has 138 valence electrons. The second-order valence-electron chi connectivity index (χ2n) is 5.31. The summed E-state index contributed by atoms with van der Waals surface area (Å²) >= 11 is 0. The third-order valence-corrected chi connectivity index (χ3v) is 4.30. The van der Waals surface area contributed by atoms with Gasteiger partial charge in [-0.2, -0.15) is 8.42 Å². The van der Waals surface area contributed by atoms with Gasteiger partial charge in [0.2, 0.25) is 0 Å². The van der Waals surface area contributed by atoms with Crippen LogP contribution in [0.25, 0.3) is 10.8 Å². The highest BCUT2D eigenvalue weighted by molar-refractivity contribution is 7.85. The monoisotopic (exact) mass is 381 g/mol. The molecule has 2 rings (SSSR count). The van der Waals surface area contributed by atoms with Gasteiger partial charge in [0.15, 0.2) is 0 Å². The summed E-state index contributed by atoms with van der Waals surface area (Å²) in [6.45, 7) is 0. The van der Waals surface area contributed by atoms with Crippen LogP contribution in [0.4, 0.5) is 0 Å². The maximum absolute atomic E-state index is 12.6. The van der Waals surface area contributed by atoms with E-state index in [1.54, 1.807) is 30.3 Å². The van der Waals surface area contributed by atoms with Gasteiger partial charge in [0.05, 0.1) is 18.2 Å². The van der Waals surface area contributed by atoms with E-state index in [1.165, 1.54) is 6.07 Å². The molecule has 3 N–H and O–H groups in total. The largest absolute Gasteiger partial charge is 0.480 e. The van der Waals surface area contributed by atoms with Crippen LogP contribution in [-0.2, 0) is 19.6 Å². The third-order valence-electron chi connectivity index (χ3n) is 3.54. The number of methoxy groups -OCH3 is 1. The van der Waals surface area contributed by atoms with E-state index in [2.05, 4.69) is 4.74 Å². The minimum atomic E-state index is -4.66. The van der Waals surface area contributed by atoms with E-state index in [1.807, 2.05) is 5.32 Å². The van der Waals surface area contributed by atoms with Crippen LogP contribution in [0, 0.1) is 0 Å². The smallest absolute Gasteiger partial charge is 0.338 e. The van der Waals surface area contributed by atoms with Crippen molar-refractivity contribution in [3.63, 3.8) is 0 Å². The van der Waals surface area contributed by atoms with E-state index in [0.717, 1.165) is 7.11 Å². The van der Waals surface area contributed by atoms with E-state index in [4.69, 9.17) is 9.66 Å². The van der Waals surface area contributed by atoms with Gasteiger partial charge in [-0.3, -0.25) is 9.35 Å². The number of carbonyl (C=O) groups excluding carboxylic acids is 2. The molecule has 10 heteroatoms. The highest BCUT2D eigenvalue weighted by Crippen LogP contribution is 2.23. The number of ether oxygens (including phenoxy) is 1. The van der Waals surface area contributed by atoms with Crippen molar-refractivity contribution in [2.24, 2.45) is 0 Å². The minimum Gasteiger partial charge on any atom is -0.480 e. The van der Waals surface area contributed by atoms with Crippen LogP contribution >= 0.6 is 0 Å². The van der Waals surface area contributed by atoms with E-state index in [9.17, 15) is 22.8 Å². The Morgan fingerprint density at radius 2 is 1.81 bits per heavy atom. The lowest BCUT2D eigenvalue weighted by molar-refractivity contribution is -0.138. The number of hydrogen-bond donors (Lipinski definition) is 3. The average molecular weight is 381 g/mol. The fraction of sp³-hybridized carbons (Fsp3) is 0.188. The van der Waals surface area contributed by atoms with Crippen molar-refractivity contribution in [3.8, 4) is 0 Å². The number of rotatable bonds is 6. The summed E-state index contributed by atoms with van der Waals surface area (Å²) < 4.78 is 35.4. The Morgan fingerprint density at radius 3 is 2.38 bits per heavy atom. The molecule has 26 heavy (non-hydrogen) atoms. The zero-order chi connectivity index (χ0) is 19.5.